The minimum absolute atomic E-state index is 0.00689. The number of hydrogen-bond acceptors (Lipinski definition) is 3. The summed E-state index contributed by atoms with van der Waals surface area (Å²) in [5.74, 6) is -0.347. The molecule has 1 heterocycles. The predicted octanol–water partition coefficient (Wildman–Crippen LogP) is 4.80. The molecule has 0 fully saturated rings. The SMILES string of the molecule is Cc1cc(NC(=O)c2ccccc2OC(F)F)n(-c2cccc(Br)c2)n1. The number of aryl methyl sites for hydroxylation is 1. The maximum atomic E-state index is 12.6. The van der Waals surface area contributed by atoms with E-state index in [0.29, 0.717) is 11.5 Å². The van der Waals surface area contributed by atoms with Crippen LogP contribution in [0.4, 0.5) is 14.6 Å². The monoisotopic (exact) mass is 421 g/mol. The number of anilines is 1. The molecule has 0 saturated heterocycles. The van der Waals surface area contributed by atoms with Crippen LogP contribution >= 0.6 is 15.9 Å². The van der Waals surface area contributed by atoms with Crippen LogP contribution in [0.15, 0.2) is 59.1 Å². The number of carbonyl (C=O) groups is 1. The van der Waals surface area contributed by atoms with Gasteiger partial charge in [0, 0.05) is 10.5 Å². The fraction of sp³-hybridized carbons (Fsp3) is 0.111. The lowest BCUT2D eigenvalue weighted by Crippen LogP contribution is -2.17. The number of hydrogen-bond donors (Lipinski definition) is 1. The van der Waals surface area contributed by atoms with Gasteiger partial charge < -0.3 is 10.1 Å². The van der Waals surface area contributed by atoms with Gasteiger partial charge in [0.2, 0.25) is 0 Å². The number of nitrogens with zero attached hydrogens (tertiary/aromatic N) is 2. The van der Waals surface area contributed by atoms with E-state index in [4.69, 9.17) is 0 Å². The molecular weight excluding hydrogens is 408 g/mol. The van der Waals surface area contributed by atoms with Crippen LogP contribution in [-0.2, 0) is 0 Å². The first-order valence-electron chi connectivity index (χ1n) is 7.62. The van der Waals surface area contributed by atoms with Crippen molar-refractivity contribution < 1.29 is 18.3 Å². The molecule has 26 heavy (non-hydrogen) atoms. The fourth-order valence-electron chi connectivity index (χ4n) is 2.43. The molecule has 3 rings (SSSR count). The average Bonchev–Trinajstić information content (AvgIpc) is 2.95. The Morgan fingerprint density at radius 3 is 2.69 bits per heavy atom. The molecule has 0 spiro atoms. The highest BCUT2D eigenvalue weighted by atomic mass is 79.9. The third-order valence-electron chi connectivity index (χ3n) is 3.47. The Morgan fingerprint density at radius 1 is 1.19 bits per heavy atom. The number of amides is 1. The van der Waals surface area contributed by atoms with Gasteiger partial charge in [-0.25, -0.2) is 4.68 Å². The number of halogens is 3. The van der Waals surface area contributed by atoms with Crippen molar-refractivity contribution in [1.29, 1.82) is 0 Å². The van der Waals surface area contributed by atoms with Gasteiger partial charge in [-0.3, -0.25) is 4.79 Å². The number of ether oxygens (including phenoxy) is 1. The van der Waals surface area contributed by atoms with Gasteiger partial charge in [-0.2, -0.15) is 13.9 Å². The molecule has 3 aromatic rings. The molecule has 1 aromatic heterocycles. The molecular formula is C18H14BrF2N3O2. The van der Waals surface area contributed by atoms with Gasteiger partial charge in [0.05, 0.1) is 16.9 Å². The average molecular weight is 422 g/mol. The van der Waals surface area contributed by atoms with E-state index in [2.05, 4.69) is 31.1 Å². The van der Waals surface area contributed by atoms with Crippen molar-refractivity contribution in [3.63, 3.8) is 0 Å². The Kier molecular flexibility index (Phi) is 5.32. The van der Waals surface area contributed by atoms with Gasteiger partial charge in [-0.1, -0.05) is 34.1 Å². The zero-order valence-corrected chi connectivity index (χ0v) is 15.2. The number of aromatic nitrogens is 2. The van der Waals surface area contributed by atoms with Crippen LogP contribution in [0.1, 0.15) is 16.1 Å². The van der Waals surface area contributed by atoms with Crippen LogP contribution in [0.3, 0.4) is 0 Å². The van der Waals surface area contributed by atoms with Crippen molar-refractivity contribution in [3.8, 4) is 11.4 Å². The summed E-state index contributed by atoms with van der Waals surface area (Å²) in [6, 6.07) is 14.9. The largest absolute Gasteiger partial charge is 0.434 e. The highest BCUT2D eigenvalue weighted by molar-refractivity contribution is 9.10. The molecule has 1 N–H and O–H groups in total. The number of para-hydroxylation sites is 1. The summed E-state index contributed by atoms with van der Waals surface area (Å²) in [5.41, 5.74) is 1.43. The third-order valence-corrected chi connectivity index (χ3v) is 3.97. The second-order valence-electron chi connectivity index (χ2n) is 5.39. The van der Waals surface area contributed by atoms with E-state index in [-0.39, 0.29) is 11.3 Å². The molecule has 2 aromatic carbocycles. The molecule has 0 aliphatic heterocycles. The zero-order valence-electron chi connectivity index (χ0n) is 13.6. The molecule has 0 aliphatic rings. The van der Waals surface area contributed by atoms with Crippen LogP contribution in [0.25, 0.3) is 5.69 Å². The summed E-state index contributed by atoms with van der Waals surface area (Å²) >= 11 is 3.39. The highest BCUT2D eigenvalue weighted by Gasteiger charge is 2.18. The van der Waals surface area contributed by atoms with E-state index in [1.807, 2.05) is 24.3 Å². The molecule has 5 nitrogen and oxygen atoms in total. The lowest BCUT2D eigenvalue weighted by atomic mass is 10.2. The number of rotatable bonds is 5. The molecule has 134 valence electrons. The molecule has 0 aliphatic carbocycles. The first kappa shape index (κ1) is 18.1. The van der Waals surface area contributed by atoms with Gasteiger partial charge in [-0.15, -0.1) is 0 Å². The molecule has 0 atom stereocenters. The molecule has 0 saturated carbocycles. The predicted molar refractivity (Wildman–Crippen MR) is 97.0 cm³/mol. The summed E-state index contributed by atoms with van der Waals surface area (Å²) in [6.45, 7) is -1.23. The van der Waals surface area contributed by atoms with Crippen LogP contribution < -0.4 is 10.1 Å². The second kappa shape index (κ2) is 7.65. The van der Waals surface area contributed by atoms with Crippen molar-refractivity contribution in [3.05, 3.63) is 70.3 Å². The Bertz CT molecular complexity index is 944. The van der Waals surface area contributed by atoms with Crippen LogP contribution in [-0.4, -0.2) is 22.3 Å². The van der Waals surface area contributed by atoms with E-state index in [1.165, 1.54) is 18.2 Å². The van der Waals surface area contributed by atoms with Gasteiger partial charge in [0.25, 0.3) is 5.91 Å². The first-order valence-corrected chi connectivity index (χ1v) is 8.41. The van der Waals surface area contributed by atoms with E-state index in [0.717, 1.165) is 10.2 Å². The van der Waals surface area contributed by atoms with Gasteiger partial charge in [-0.05, 0) is 37.3 Å². The molecule has 8 heteroatoms. The molecule has 1 amide bonds. The van der Waals surface area contributed by atoms with Crippen LogP contribution in [0.2, 0.25) is 0 Å². The van der Waals surface area contributed by atoms with Crippen LogP contribution in [0, 0.1) is 6.92 Å². The first-order chi connectivity index (χ1) is 12.4. The van der Waals surface area contributed by atoms with Crippen molar-refractivity contribution in [2.75, 3.05) is 5.32 Å². The summed E-state index contributed by atoms with van der Waals surface area (Å²) < 4.78 is 31.9. The van der Waals surface area contributed by atoms with Gasteiger partial charge in [0.15, 0.2) is 0 Å². The number of alkyl halides is 2. The topological polar surface area (TPSA) is 56.1 Å². The molecule has 0 unspecified atom stereocenters. The molecule has 0 bridgehead atoms. The Hall–Kier alpha value is -2.74. The number of carbonyl (C=O) groups excluding carboxylic acids is 1. The van der Waals surface area contributed by atoms with Gasteiger partial charge >= 0.3 is 6.61 Å². The second-order valence-corrected chi connectivity index (χ2v) is 6.31. The van der Waals surface area contributed by atoms with Crippen LogP contribution in [0.5, 0.6) is 5.75 Å². The fourth-order valence-corrected chi connectivity index (χ4v) is 2.82. The zero-order chi connectivity index (χ0) is 18.7. The summed E-state index contributed by atoms with van der Waals surface area (Å²) in [5, 5.41) is 7.07. The summed E-state index contributed by atoms with van der Waals surface area (Å²) in [4.78, 5) is 12.6. The Labute approximate surface area is 156 Å². The Balaban J connectivity index is 1.92. The van der Waals surface area contributed by atoms with E-state index in [1.54, 1.807) is 23.7 Å². The highest BCUT2D eigenvalue weighted by Crippen LogP contribution is 2.24. The maximum Gasteiger partial charge on any atom is 0.387 e. The molecule has 0 radical (unpaired) electrons. The van der Waals surface area contributed by atoms with Crippen molar-refractivity contribution in [2.24, 2.45) is 0 Å². The third kappa shape index (κ3) is 4.08. The lowest BCUT2D eigenvalue weighted by molar-refractivity contribution is -0.0501. The number of nitrogens with one attached hydrogen (secondary N) is 1. The normalized spacial score (nSPS) is 10.8. The van der Waals surface area contributed by atoms with E-state index < -0.39 is 12.5 Å². The smallest absolute Gasteiger partial charge is 0.387 e. The Morgan fingerprint density at radius 2 is 1.96 bits per heavy atom. The van der Waals surface area contributed by atoms with Crippen molar-refractivity contribution >= 4 is 27.7 Å². The summed E-state index contributed by atoms with van der Waals surface area (Å²) in [7, 11) is 0. The van der Waals surface area contributed by atoms with Gasteiger partial charge in [0.1, 0.15) is 11.6 Å². The standard InChI is InChI=1S/C18H14BrF2N3O2/c1-11-9-16(24(23-11)13-6-4-5-12(19)10-13)22-17(25)14-7-2-3-8-15(14)26-18(20)21/h2-10,18H,1H3,(H,22,25). The minimum Gasteiger partial charge on any atom is -0.434 e. The van der Waals surface area contributed by atoms with E-state index >= 15 is 0 Å². The maximum absolute atomic E-state index is 12.6. The minimum atomic E-state index is -3.02. The summed E-state index contributed by atoms with van der Waals surface area (Å²) in [6.07, 6.45) is 0. The van der Waals surface area contributed by atoms with Crippen molar-refractivity contribution in [2.45, 2.75) is 13.5 Å². The van der Waals surface area contributed by atoms with Crippen molar-refractivity contribution in [1.82, 2.24) is 9.78 Å². The quantitative estimate of drug-likeness (QED) is 0.643. The lowest BCUT2D eigenvalue weighted by Gasteiger charge is -2.12. The van der Waals surface area contributed by atoms with E-state index in [9.17, 15) is 13.6 Å². The number of benzene rings is 2.